The van der Waals surface area contributed by atoms with E-state index in [2.05, 4.69) is 157 Å². The van der Waals surface area contributed by atoms with Crippen molar-refractivity contribution in [2.24, 2.45) is 0 Å². The molecular weight excluding hydrogens is 843 g/mol. The highest BCUT2D eigenvalue weighted by Gasteiger charge is 2.13. The van der Waals surface area contributed by atoms with Gasteiger partial charge in [-0.15, -0.1) is 0 Å². The van der Waals surface area contributed by atoms with Crippen molar-refractivity contribution >= 4 is 28.4 Å². The van der Waals surface area contributed by atoms with Crippen molar-refractivity contribution in [3.8, 4) is 11.5 Å². The third kappa shape index (κ3) is 24.0. The van der Waals surface area contributed by atoms with E-state index in [0.717, 1.165) is 79.1 Å². The Bertz CT molecular complexity index is 1820. The van der Waals surface area contributed by atoms with Gasteiger partial charge in [0.05, 0.1) is 13.2 Å². The highest BCUT2D eigenvalue weighted by atomic mass is 16.5. The van der Waals surface area contributed by atoms with Gasteiger partial charge in [-0.25, -0.2) is 0 Å². The van der Waals surface area contributed by atoms with Crippen molar-refractivity contribution in [3.63, 3.8) is 0 Å². The Hall–Kier alpha value is -4.90. The lowest BCUT2D eigenvalue weighted by Crippen LogP contribution is -2.10. The first-order chi connectivity index (χ1) is 34.2. The average molecular weight is 936 g/mol. The summed E-state index contributed by atoms with van der Waals surface area (Å²) in [7, 11) is 0. The molecule has 0 aliphatic rings. The lowest BCUT2D eigenvalue weighted by molar-refractivity contribution is 0.304. The number of unbranched alkanes of at least 4 members (excludes halogenated alkanes) is 26. The topological polar surface area (TPSA) is 45.8 Å². The second-order valence-electron chi connectivity index (χ2n) is 19.6. The van der Waals surface area contributed by atoms with Crippen LogP contribution in [0.1, 0.15) is 205 Å². The Morgan fingerprint density at radius 3 is 0.913 bits per heavy atom. The van der Waals surface area contributed by atoms with Gasteiger partial charge in [0.15, 0.2) is 0 Å². The van der Waals surface area contributed by atoms with E-state index in [1.807, 2.05) is 0 Å². The van der Waals surface area contributed by atoms with Gasteiger partial charge in [-0.2, -0.15) is 0 Å². The SMILES string of the molecule is CCCCCCCCCCCCCCCCOc1ccc(NCc2ccc(N(c3ccccc3)c3ccc(CNc4ccc(OCCCCCCCCCCCCCCCC)cc4)cc3)cc2)cc1. The zero-order valence-corrected chi connectivity index (χ0v) is 43.5. The summed E-state index contributed by atoms with van der Waals surface area (Å²) in [5.41, 5.74) is 8.05. The minimum Gasteiger partial charge on any atom is -0.494 e. The Balaban J connectivity index is 0.947. The Kier molecular flexibility index (Phi) is 28.8. The van der Waals surface area contributed by atoms with Gasteiger partial charge in [0.2, 0.25) is 0 Å². The third-order valence-electron chi connectivity index (χ3n) is 13.6. The van der Waals surface area contributed by atoms with Crippen molar-refractivity contribution in [2.75, 3.05) is 28.7 Å². The minimum absolute atomic E-state index is 0.752. The number of nitrogens with one attached hydrogen (secondary N) is 2. The van der Waals surface area contributed by atoms with Gasteiger partial charge in [-0.3, -0.25) is 0 Å². The number of hydrogen-bond acceptors (Lipinski definition) is 5. The molecule has 0 fully saturated rings. The fraction of sp³-hybridized carbons (Fsp3) is 0.531. The number of hydrogen-bond donors (Lipinski definition) is 2. The first kappa shape index (κ1) is 55.0. The monoisotopic (exact) mass is 936 g/mol. The number of benzene rings is 5. The first-order valence-corrected chi connectivity index (χ1v) is 28.2. The zero-order chi connectivity index (χ0) is 48.1. The van der Waals surface area contributed by atoms with Crippen LogP contribution in [0.3, 0.4) is 0 Å². The Labute approximate surface area is 421 Å². The lowest BCUT2D eigenvalue weighted by Gasteiger charge is -2.26. The summed E-state index contributed by atoms with van der Waals surface area (Å²) in [5, 5.41) is 7.20. The van der Waals surface area contributed by atoms with Gasteiger partial charge in [-0.05, 0) is 109 Å². The van der Waals surface area contributed by atoms with Gasteiger partial charge in [-0.1, -0.05) is 223 Å². The summed E-state index contributed by atoms with van der Waals surface area (Å²) in [6.45, 7) is 7.68. The van der Waals surface area contributed by atoms with E-state index in [-0.39, 0.29) is 0 Å². The fourth-order valence-electron chi connectivity index (χ4n) is 9.27. The maximum absolute atomic E-state index is 6.08. The normalized spacial score (nSPS) is 11.2. The van der Waals surface area contributed by atoms with Crippen LogP contribution in [0.15, 0.2) is 127 Å². The largest absolute Gasteiger partial charge is 0.494 e. The molecule has 2 N–H and O–H groups in total. The first-order valence-electron chi connectivity index (χ1n) is 28.2. The van der Waals surface area contributed by atoms with Gasteiger partial charge in [0.1, 0.15) is 11.5 Å². The molecule has 0 saturated heterocycles. The number of nitrogens with zero attached hydrogens (tertiary/aromatic N) is 1. The lowest BCUT2D eigenvalue weighted by atomic mass is 10.0. The zero-order valence-electron chi connectivity index (χ0n) is 43.5. The van der Waals surface area contributed by atoms with E-state index < -0.39 is 0 Å². The molecule has 0 atom stereocenters. The van der Waals surface area contributed by atoms with E-state index in [9.17, 15) is 0 Å². The standard InChI is InChI=1S/C64H93N3O2/c1-3-5-7-9-11-13-15-17-19-21-23-25-27-32-52-68-63-48-40-58(41-49-63)65-54-56-36-44-61(45-37-56)67(60-34-30-29-31-35-60)62-46-38-57(39-47-62)55-66-59-42-50-64(51-43-59)69-53-33-28-26-24-22-20-18-16-14-12-10-8-6-4-2/h29-31,34-51,65-66H,3-28,32-33,52-55H2,1-2H3. The predicted octanol–water partition coefficient (Wildman–Crippen LogP) is 20.1. The van der Waals surface area contributed by atoms with Crippen LogP contribution in [0.5, 0.6) is 11.5 Å². The van der Waals surface area contributed by atoms with E-state index in [1.165, 1.54) is 178 Å². The van der Waals surface area contributed by atoms with Crippen LogP contribution in [0.2, 0.25) is 0 Å². The number of para-hydroxylation sites is 1. The van der Waals surface area contributed by atoms with Gasteiger partial charge < -0.3 is 25.0 Å². The van der Waals surface area contributed by atoms with Crippen LogP contribution in [0.25, 0.3) is 0 Å². The maximum Gasteiger partial charge on any atom is 0.119 e. The number of rotatable bonds is 41. The molecule has 5 aromatic rings. The highest BCUT2D eigenvalue weighted by Crippen LogP contribution is 2.35. The molecular formula is C64H93N3O2. The van der Waals surface area contributed by atoms with E-state index >= 15 is 0 Å². The molecule has 0 amide bonds. The Morgan fingerprint density at radius 1 is 0.304 bits per heavy atom. The molecule has 0 spiro atoms. The van der Waals surface area contributed by atoms with E-state index in [4.69, 9.17) is 9.47 Å². The average Bonchev–Trinajstić information content (AvgIpc) is 3.39. The van der Waals surface area contributed by atoms with E-state index in [0.29, 0.717) is 0 Å². The summed E-state index contributed by atoms with van der Waals surface area (Å²) in [6, 6.07) is 45.3. The Morgan fingerprint density at radius 2 is 0.594 bits per heavy atom. The second-order valence-corrected chi connectivity index (χ2v) is 19.6. The molecule has 5 heteroatoms. The van der Waals surface area contributed by atoms with Crippen LogP contribution in [-0.4, -0.2) is 13.2 Å². The molecule has 0 aliphatic heterocycles. The van der Waals surface area contributed by atoms with Gasteiger partial charge in [0, 0.05) is 41.5 Å². The van der Waals surface area contributed by atoms with Gasteiger partial charge in [0.25, 0.3) is 0 Å². The molecule has 5 nitrogen and oxygen atoms in total. The highest BCUT2D eigenvalue weighted by molar-refractivity contribution is 5.76. The van der Waals surface area contributed by atoms with Crippen LogP contribution >= 0.6 is 0 Å². The summed E-state index contributed by atoms with van der Waals surface area (Å²) in [4.78, 5) is 2.32. The van der Waals surface area contributed by atoms with Crippen molar-refractivity contribution in [2.45, 2.75) is 207 Å². The fourth-order valence-corrected chi connectivity index (χ4v) is 9.27. The molecule has 5 aromatic carbocycles. The number of anilines is 5. The van der Waals surface area contributed by atoms with Crippen molar-refractivity contribution < 1.29 is 9.47 Å². The predicted molar refractivity (Wildman–Crippen MR) is 300 cm³/mol. The molecule has 376 valence electrons. The summed E-state index contributed by atoms with van der Waals surface area (Å²) in [5.74, 6) is 1.90. The number of ether oxygens (including phenoxy) is 2. The quantitative estimate of drug-likeness (QED) is 0.0382. The second kappa shape index (κ2) is 36.1. The molecule has 0 aromatic heterocycles. The van der Waals surface area contributed by atoms with Crippen LogP contribution in [-0.2, 0) is 13.1 Å². The molecule has 0 aliphatic carbocycles. The molecule has 0 unspecified atom stereocenters. The smallest absolute Gasteiger partial charge is 0.119 e. The van der Waals surface area contributed by atoms with E-state index in [1.54, 1.807) is 0 Å². The molecule has 69 heavy (non-hydrogen) atoms. The van der Waals surface area contributed by atoms with Crippen molar-refractivity contribution in [3.05, 3.63) is 139 Å². The van der Waals surface area contributed by atoms with Crippen LogP contribution < -0.4 is 25.0 Å². The molecule has 0 radical (unpaired) electrons. The molecule has 5 rings (SSSR count). The van der Waals surface area contributed by atoms with Crippen molar-refractivity contribution in [1.29, 1.82) is 0 Å². The third-order valence-corrected chi connectivity index (χ3v) is 13.6. The minimum atomic E-state index is 0.752. The van der Waals surface area contributed by atoms with Crippen LogP contribution in [0, 0.1) is 0 Å². The molecule has 0 heterocycles. The summed E-state index contributed by atoms with van der Waals surface area (Å²) >= 11 is 0. The van der Waals surface area contributed by atoms with Crippen molar-refractivity contribution in [1.82, 2.24) is 0 Å². The van der Waals surface area contributed by atoms with Gasteiger partial charge >= 0.3 is 0 Å². The molecule has 0 bridgehead atoms. The summed E-state index contributed by atoms with van der Waals surface area (Å²) in [6.07, 6.45) is 38.4. The molecule has 0 saturated carbocycles. The van der Waals surface area contributed by atoms with Crippen LogP contribution in [0.4, 0.5) is 28.4 Å². The summed E-state index contributed by atoms with van der Waals surface area (Å²) < 4.78 is 12.2. The maximum atomic E-state index is 6.08.